The summed E-state index contributed by atoms with van der Waals surface area (Å²) in [5, 5.41) is 6.58. The molecular weight excluding hydrogens is 368 g/mol. The van der Waals surface area contributed by atoms with Crippen molar-refractivity contribution in [3.8, 4) is 0 Å². The molecule has 0 saturated carbocycles. The zero-order valence-electron chi connectivity index (χ0n) is 18.0. The molecule has 1 heterocycles. The Morgan fingerprint density at radius 1 is 1.22 bits per heavy atom. The first-order valence-corrected chi connectivity index (χ1v) is 12.0. The van der Waals surface area contributed by atoms with Crippen LogP contribution in [0.15, 0.2) is 5.16 Å². The second-order valence-electron chi connectivity index (χ2n) is 9.32. The van der Waals surface area contributed by atoms with Gasteiger partial charge >= 0.3 is 12.1 Å². The fourth-order valence-electron chi connectivity index (χ4n) is 2.07. The van der Waals surface area contributed by atoms with E-state index in [1.54, 1.807) is 20.8 Å². The summed E-state index contributed by atoms with van der Waals surface area (Å²) in [6.07, 6.45) is -0.373. The fraction of sp³-hybridized carbons (Fsp3) is 0.833. The van der Waals surface area contributed by atoms with Gasteiger partial charge in [0.05, 0.1) is 26.0 Å². The molecule has 1 N–H and O–H groups in total. The van der Waals surface area contributed by atoms with Gasteiger partial charge in [-0.2, -0.15) is 0 Å². The standard InChI is InChI=1S/C18H34N2O6Si/c1-16(2,3)25-15(22)19-11-13-10-18(26-20-13,14(21)23-7)12-24-27(8,9)17(4,5)6/h10-12H2,1-9H3,(H,19,22). The van der Waals surface area contributed by atoms with E-state index in [0.29, 0.717) is 5.71 Å². The van der Waals surface area contributed by atoms with Gasteiger partial charge in [-0.25, -0.2) is 9.59 Å². The molecule has 0 aromatic carbocycles. The first-order chi connectivity index (χ1) is 12.1. The molecule has 1 rings (SSSR count). The molecule has 1 atom stereocenters. The molecule has 0 aliphatic carbocycles. The van der Waals surface area contributed by atoms with E-state index in [0.717, 1.165) is 0 Å². The maximum absolute atomic E-state index is 12.4. The van der Waals surface area contributed by atoms with Gasteiger partial charge in [-0.1, -0.05) is 25.9 Å². The normalized spacial score (nSPS) is 20.6. The fourth-order valence-corrected chi connectivity index (χ4v) is 3.10. The van der Waals surface area contributed by atoms with Crippen LogP contribution >= 0.6 is 0 Å². The predicted molar refractivity (Wildman–Crippen MR) is 105 cm³/mol. The Balaban J connectivity index is 2.74. The first-order valence-electron chi connectivity index (χ1n) is 9.05. The topological polar surface area (TPSA) is 95.5 Å². The van der Waals surface area contributed by atoms with Crippen molar-refractivity contribution in [2.24, 2.45) is 5.16 Å². The van der Waals surface area contributed by atoms with Crippen molar-refractivity contribution in [3.63, 3.8) is 0 Å². The minimum atomic E-state index is -2.09. The third-order valence-corrected chi connectivity index (χ3v) is 9.18. The van der Waals surface area contributed by atoms with E-state index in [1.807, 2.05) is 0 Å². The van der Waals surface area contributed by atoms with Crippen molar-refractivity contribution in [2.75, 3.05) is 20.3 Å². The van der Waals surface area contributed by atoms with E-state index in [-0.39, 0.29) is 24.6 Å². The van der Waals surface area contributed by atoms with Gasteiger partial charge in [0.1, 0.15) is 5.60 Å². The molecule has 1 amide bonds. The van der Waals surface area contributed by atoms with E-state index in [1.165, 1.54) is 7.11 Å². The van der Waals surface area contributed by atoms with Crippen molar-refractivity contribution in [3.05, 3.63) is 0 Å². The summed E-state index contributed by atoms with van der Waals surface area (Å²) >= 11 is 0. The number of amides is 1. The lowest BCUT2D eigenvalue weighted by atomic mass is 9.98. The van der Waals surface area contributed by atoms with Crippen LogP contribution in [-0.2, 0) is 23.5 Å². The Morgan fingerprint density at radius 2 is 1.81 bits per heavy atom. The van der Waals surface area contributed by atoms with Gasteiger partial charge in [0, 0.05) is 6.42 Å². The lowest BCUT2D eigenvalue weighted by molar-refractivity contribution is -0.170. The quantitative estimate of drug-likeness (QED) is 0.541. The lowest BCUT2D eigenvalue weighted by Crippen LogP contribution is -2.50. The molecule has 0 aromatic heterocycles. The minimum absolute atomic E-state index is 0.00906. The van der Waals surface area contributed by atoms with Crippen LogP contribution in [0.1, 0.15) is 48.0 Å². The Hall–Kier alpha value is -1.61. The highest BCUT2D eigenvalue weighted by Crippen LogP contribution is 2.38. The number of esters is 1. The molecule has 1 aliphatic heterocycles. The number of nitrogens with one attached hydrogen (secondary N) is 1. The monoisotopic (exact) mass is 402 g/mol. The largest absolute Gasteiger partial charge is 0.466 e. The lowest BCUT2D eigenvalue weighted by Gasteiger charge is -2.38. The first kappa shape index (κ1) is 23.4. The molecule has 9 heteroatoms. The van der Waals surface area contributed by atoms with Crippen LogP contribution in [0, 0.1) is 0 Å². The zero-order chi connectivity index (χ0) is 21.1. The number of oxime groups is 1. The molecule has 0 fully saturated rings. The molecule has 0 radical (unpaired) electrons. The summed E-state index contributed by atoms with van der Waals surface area (Å²) in [6.45, 7) is 16.1. The van der Waals surface area contributed by atoms with Crippen LogP contribution in [0.25, 0.3) is 0 Å². The van der Waals surface area contributed by atoms with Crippen LogP contribution in [0.2, 0.25) is 18.1 Å². The maximum Gasteiger partial charge on any atom is 0.407 e. The number of methoxy groups -OCH3 is 1. The van der Waals surface area contributed by atoms with Gasteiger partial charge in [0.15, 0.2) is 8.32 Å². The SMILES string of the molecule is COC(=O)C1(CO[Si](C)(C)C(C)(C)C)CC(CNC(=O)OC(C)(C)C)=NO1. The molecular formula is C18H34N2O6Si. The van der Waals surface area contributed by atoms with Crippen LogP contribution < -0.4 is 5.32 Å². The molecule has 1 aliphatic rings. The summed E-state index contributed by atoms with van der Waals surface area (Å²) in [4.78, 5) is 29.6. The Labute approximate surface area is 163 Å². The Bertz CT molecular complexity index is 592. The van der Waals surface area contributed by atoms with Crippen molar-refractivity contribution in [2.45, 2.75) is 77.3 Å². The molecule has 0 spiro atoms. The van der Waals surface area contributed by atoms with E-state index >= 15 is 0 Å². The summed E-state index contributed by atoms with van der Waals surface area (Å²) in [5.74, 6) is -0.544. The number of carbonyl (C=O) groups is 2. The number of alkyl carbamates (subject to hydrolysis) is 1. The van der Waals surface area contributed by atoms with Gasteiger partial charge in [-0.15, -0.1) is 0 Å². The zero-order valence-corrected chi connectivity index (χ0v) is 19.0. The highest BCUT2D eigenvalue weighted by molar-refractivity contribution is 6.74. The predicted octanol–water partition coefficient (Wildman–Crippen LogP) is 3.22. The van der Waals surface area contributed by atoms with Crippen molar-refractivity contribution < 1.29 is 28.3 Å². The second-order valence-corrected chi connectivity index (χ2v) is 14.1. The molecule has 27 heavy (non-hydrogen) atoms. The van der Waals surface area contributed by atoms with Gasteiger partial charge in [-0.05, 0) is 38.9 Å². The summed E-state index contributed by atoms with van der Waals surface area (Å²) in [5.41, 5.74) is -1.40. The van der Waals surface area contributed by atoms with E-state index < -0.39 is 31.6 Å². The molecule has 8 nitrogen and oxygen atoms in total. The number of hydrogen-bond acceptors (Lipinski definition) is 7. The molecule has 156 valence electrons. The highest BCUT2D eigenvalue weighted by Gasteiger charge is 2.50. The maximum atomic E-state index is 12.4. The van der Waals surface area contributed by atoms with E-state index in [2.05, 4.69) is 44.3 Å². The van der Waals surface area contributed by atoms with Gasteiger partial charge in [0.25, 0.3) is 5.60 Å². The van der Waals surface area contributed by atoms with Gasteiger partial charge < -0.3 is 24.1 Å². The molecule has 1 unspecified atom stereocenters. The Morgan fingerprint density at radius 3 is 2.30 bits per heavy atom. The average Bonchev–Trinajstić information content (AvgIpc) is 2.92. The summed E-state index contributed by atoms with van der Waals surface area (Å²) in [7, 11) is -0.789. The summed E-state index contributed by atoms with van der Waals surface area (Å²) in [6, 6.07) is 0. The van der Waals surface area contributed by atoms with E-state index in [9.17, 15) is 9.59 Å². The highest BCUT2D eigenvalue weighted by atomic mass is 28.4. The average molecular weight is 403 g/mol. The molecule has 0 saturated heterocycles. The van der Waals surface area contributed by atoms with Crippen LogP contribution in [-0.4, -0.2) is 57.6 Å². The Kier molecular flexibility index (Phi) is 7.10. The smallest absolute Gasteiger partial charge is 0.407 e. The third-order valence-electron chi connectivity index (χ3n) is 4.70. The van der Waals surface area contributed by atoms with E-state index in [4.69, 9.17) is 18.7 Å². The van der Waals surface area contributed by atoms with Crippen LogP contribution in [0.5, 0.6) is 0 Å². The minimum Gasteiger partial charge on any atom is -0.466 e. The number of rotatable bonds is 6. The number of hydrogen-bond donors (Lipinski definition) is 1. The van der Waals surface area contributed by atoms with Crippen LogP contribution in [0.4, 0.5) is 4.79 Å². The van der Waals surface area contributed by atoms with Crippen molar-refractivity contribution >= 4 is 26.1 Å². The second kappa shape index (κ2) is 8.18. The molecule has 0 aromatic rings. The van der Waals surface area contributed by atoms with Crippen molar-refractivity contribution in [1.29, 1.82) is 0 Å². The molecule has 0 bridgehead atoms. The van der Waals surface area contributed by atoms with Crippen LogP contribution in [0.3, 0.4) is 0 Å². The van der Waals surface area contributed by atoms with Gasteiger partial charge in [0.2, 0.25) is 0 Å². The third kappa shape index (κ3) is 6.49. The summed E-state index contributed by atoms with van der Waals surface area (Å²) < 4.78 is 16.3. The number of ether oxygens (including phenoxy) is 2. The van der Waals surface area contributed by atoms with Crippen molar-refractivity contribution in [1.82, 2.24) is 5.32 Å². The number of nitrogens with zero attached hydrogens (tertiary/aromatic N) is 1. The van der Waals surface area contributed by atoms with Gasteiger partial charge in [-0.3, -0.25) is 0 Å². The number of carbonyl (C=O) groups excluding carboxylic acids is 2.